The molecule has 1 aliphatic heterocycles. The highest BCUT2D eigenvalue weighted by atomic mass is 79.9. The van der Waals surface area contributed by atoms with Crippen LogP contribution in [0.1, 0.15) is 18.0 Å². The van der Waals surface area contributed by atoms with Crippen molar-refractivity contribution in [3.8, 4) is 0 Å². The van der Waals surface area contributed by atoms with Crippen molar-refractivity contribution >= 4 is 28.3 Å². The van der Waals surface area contributed by atoms with E-state index in [9.17, 15) is 4.39 Å². The third-order valence-electron chi connectivity index (χ3n) is 3.30. The average Bonchev–Trinajstić information content (AvgIpc) is 2.40. The van der Waals surface area contributed by atoms with Gasteiger partial charge >= 0.3 is 0 Å². The van der Waals surface area contributed by atoms with Crippen molar-refractivity contribution in [3.05, 3.63) is 46.7 Å². The van der Waals surface area contributed by atoms with Gasteiger partial charge in [-0.1, -0.05) is 22.0 Å². The van der Waals surface area contributed by atoms with E-state index in [2.05, 4.69) is 32.7 Å². The summed E-state index contributed by atoms with van der Waals surface area (Å²) in [4.78, 5) is 2.32. The second kappa shape index (κ2) is 8.00. The third kappa shape index (κ3) is 4.28. The number of benzene rings is 1. The average molecular weight is 350 g/mol. The number of piperazine rings is 1. The maximum atomic E-state index is 14.0. The molecule has 1 saturated heterocycles. The van der Waals surface area contributed by atoms with Gasteiger partial charge in [-0.25, -0.2) is 4.39 Å². The highest BCUT2D eigenvalue weighted by Crippen LogP contribution is 2.29. The molecule has 19 heavy (non-hydrogen) atoms. The van der Waals surface area contributed by atoms with E-state index in [1.807, 2.05) is 12.1 Å². The zero-order valence-corrected chi connectivity index (χ0v) is 13.1. The molecule has 0 unspecified atom stereocenters. The first kappa shape index (κ1) is 16.6. The molecule has 106 valence electrons. The molecule has 0 aromatic heterocycles. The molecule has 0 radical (unpaired) electrons. The predicted octanol–water partition coefficient (Wildman–Crippen LogP) is 3.53. The molecule has 5 heteroatoms. The van der Waals surface area contributed by atoms with E-state index in [4.69, 9.17) is 0 Å². The van der Waals surface area contributed by atoms with Crippen LogP contribution in [0.2, 0.25) is 0 Å². The van der Waals surface area contributed by atoms with Gasteiger partial charge in [0, 0.05) is 42.3 Å². The Morgan fingerprint density at radius 2 is 2.11 bits per heavy atom. The Hall–Kier alpha value is -0.420. The number of hydrogen-bond acceptors (Lipinski definition) is 2. The molecular formula is C14H19BrClFN2. The van der Waals surface area contributed by atoms with Crippen molar-refractivity contribution in [2.75, 3.05) is 26.2 Å². The van der Waals surface area contributed by atoms with E-state index in [-0.39, 0.29) is 24.3 Å². The van der Waals surface area contributed by atoms with Crippen LogP contribution in [0.4, 0.5) is 4.39 Å². The van der Waals surface area contributed by atoms with Crippen LogP contribution < -0.4 is 5.32 Å². The molecule has 0 saturated carbocycles. The van der Waals surface area contributed by atoms with Gasteiger partial charge in [0.25, 0.3) is 0 Å². The fraction of sp³-hybridized carbons (Fsp3) is 0.429. The van der Waals surface area contributed by atoms with Crippen LogP contribution in [0.15, 0.2) is 35.3 Å². The lowest BCUT2D eigenvalue weighted by Crippen LogP contribution is -2.45. The van der Waals surface area contributed by atoms with Crippen LogP contribution in [0.25, 0.3) is 0 Å². The van der Waals surface area contributed by atoms with E-state index < -0.39 is 0 Å². The van der Waals surface area contributed by atoms with Gasteiger partial charge in [-0.3, -0.25) is 4.90 Å². The Balaban J connectivity index is 0.00000180. The standard InChI is InChI=1S/C14H18BrFN2.ClH/c1-2-3-14(18-8-6-17-7-9-18)12-10-11(15)4-5-13(12)16;/h2,4-5,10,14,17H,1,3,6-9H2;1H/t14-;/m1./s1. The molecule has 0 spiro atoms. The van der Waals surface area contributed by atoms with E-state index >= 15 is 0 Å². The maximum absolute atomic E-state index is 14.0. The van der Waals surface area contributed by atoms with Gasteiger partial charge in [0.15, 0.2) is 0 Å². The van der Waals surface area contributed by atoms with E-state index in [0.717, 1.165) is 42.6 Å². The summed E-state index contributed by atoms with van der Waals surface area (Å²) in [6, 6.07) is 5.23. The molecular weight excluding hydrogens is 331 g/mol. The van der Waals surface area contributed by atoms with Gasteiger partial charge in [-0.2, -0.15) is 0 Å². The lowest BCUT2D eigenvalue weighted by atomic mass is 10.0. The smallest absolute Gasteiger partial charge is 0.128 e. The van der Waals surface area contributed by atoms with Gasteiger partial charge in [0.2, 0.25) is 0 Å². The Labute approximate surface area is 128 Å². The normalized spacial score (nSPS) is 17.6. The Morgan fingerprint density at radius 3 is 2.74 bits per heavy atom. The maximum Gasteiger partial charge on any atom is 0.128 e. The van der Waals surface area contributed by atoms with E-state index in [1.165, 1.54) is 6.07 Å². The first-order valence-electron chi connectivity index (χ1n) is 6.23. The zero-order chi connectivity index (χ0) is 13.0. The summed E-state index contributed by atoms with van der Waals surface area (Å²) in [7, 11) is 0. The molecule has 2 rings (SSSR count). The second-order valence-electron chi connectivity index (χ2n) is 4.49. The summed E-state index contributed by atoms with van der Waals surface area (Å²) in [5, 5.41) is 3.32. The zero-order valence-electron chi connectivity index (χ0n) is 10.7. The number of nitrogens with one attached hydrogen (secondary N) is 1. The summed E-state index contributed by atoms with van der Waals surface area (Å²) < 4.78 is 14.9. The highest BCUT2D eigenvalue weighted by molar-refractivity contribution is 9.10. The van der Waals surface area contributed by atoms with Crippen molar-refractivity contribution in [1.29, 1.82) is 0 Å². The second-order valence-corrected chi connectivity index (χ2v) is 5.41. The van der Waals surface area contributed by atoms with Crippen molar-refractivity contribution in [3.63, 3.8) is 0 Å². The van der Waals surface area contributed by atoms with Crippen molar-refractivity contribution in [1.82, 2.24) is 10.2 Å². The molecule has 0 aliphatic carbocycles. The molecule has 0 amide bonds. The SMILES string of the molecule is C=CC[C@H](c1cc(Br)ccc1F)N1CCNCC1.Cl. The quantitative estimate of drug-likeness (QED) is 0.837. The molecule has 1 heterocycles. The number of nitrogens with zero attached hydrogens (tertiary/aromatic N) is 1. The van der Waals surface area contributed by atoms with Crippen LogP contribution in [0, 0.1) is 5.82 Å². The third-order valence-corrected chi connectivity index (χ3v) is 3.79. The van der Waals surface area contributed by atoms with Crippen LogP contribution >= 0.6 is 28.3 Å². The molecule has 1 N–H and O–H groups in total. The Bertz CT molecular complexity index is 422. The van der Waals surface area contributed by atoms with Gasteiger partial charge in [0.1, 0.15) is 5.82 Å². The minimum absolute atomic E-state index is 0. The molecule has 1 aliphatic rings. The van der Waals surface area contributed by atoms with Gasteiger partial charge in [0.05, 0.1) is 0 Å². The Kier molecular flexibility index (Phi) is 7.00. The topological polar surface area (TPSA) is 15.3 Å². The van der Waals surface area contributed by atoms with Crippen LogP contribution in [0.5, 0.6) is 0 Å². The fourth-order valence-electron chi connectivity index (χ4n) is 2.39. The lowest BCUT2D eigenvalue weighted by Gasteiger charge is -2.35. The first-order valence-corrected chi connectivity index (χ1v) is 7.02. The van der Waals surface area contributed by atoms with Crippen molar-refractivity contribution < 1.29 is 4.39 Å². The summed E-state index contributed by atoms with van der Waals surface area (Å²) in [6.07, 6.45) is 2.64. The van der Waals surface area contributed by atoms with E-state index in [1.54, 1.807) is 6.07 Å². The molecule has 1 aromatic rings. The highest BCUT2D eigenvalue weighted by Gasteiger charge is 2.23. The molecule has 2 nitrogen and oxygen atoms in total. The van der Waals surface area contributed by atoms with Crippen LogP contribution in [-0.2, 0) is 0 Å². The largest absolute Gasteiger partial charge is 0.314 e. The molecule has 0 bridgehead atoms. The summed E-state index contributed by atoms with van der Waals surface area (Å²) in [5.41, 5.74) is 0.756. The predicted molar refractivity (Wildman–Crippen MR) is 83.3 cm³/mol. The lowest BCUT2D eigenvalue weighted by molar-refractivity contribution is 0.171. The number of hydrogen-bond donors (Lipinski definition) is 1. The molecule has 1 atom stereocenters. The fourth-order valence-corrected chi connectivity index (χ4v) is 2.77. The molecule has 1 aromatic carbocycles. The summed E-state index contributed by atoms with van der Waals surface area (Å²) in [5.74, 6) is -0.136. The van der Waals surface area contributed by atoms with Gasteiger partial charge < -0.3 is 5.32 Å². The van der Waals surface area contributed by atoms with Crippen LogP contribution in [0.3, 0.4) is 0 Å². The number of rotatable bonds is 4. The summed E-state index contributed by atoms with van der Waals surface area (Å²) in [6.45, 7) is 7.62. The van der Waals surface area contributed by atoms with Crippen molar-refractivity contribution in [2.24, 2.45) is 0 Å². The van der Waals surface area contributed by atoms with E-state index in [0.29, 0.717) is 0 Å². The minimum atomic E-state index is -0.136. The first-order chi connectivity index (χ1) is 8.72. The summed E-state index contributed by atoms with van der Waals surface area (Å²) >= 11 is 3.42. The van der Waals surface area contributed by atoms with Crippen molar-refractivity contribution in [2.45, 2.75) is 12.5 Å². The van der Waals surface area contributed by atoms with Gasteiger partial charge in [-0.05, 0) is 24.6 Å². The molecule has 1 fully saturated rings. The van der Waals surface area contributed by atoms with Gasteiger partial charge in [-0.15, -0.1) is 19.0 Å². The Morgan fingerprint density at radius 1 is 1.42 bits per heavy atom. The minimum Gasteiger partial charge on any atom is -0.314 e. The monoisotopic (exact) mass is 348 g/mol. The van der Waals surface area contributed by atoms with Crippen LogP contribution in [-0.4, -0.2) is 31.1 Å². The number of halogens is 3.